The number of pyridine rings is 1. The van der Waals surface area contributed by atoms with Crippen LogP contribution < -0.4 is 5.73 Å². The Morgan fingerprint density at radius 3 is 3.38 bits per heavy atom. The lowest BCUT2D eigenvalue weighted by Crippen LogP contribution is -2.05. The molecule has 1 aliphatic carbocycles. The molecule has 13 heavy (non-hydrogen) atoms. The van der Waals surface area contributed by atoms with Crippen LogP contribution in [0.1, 0.15) is 23.7 Å². The van der Waals surface area contributed by atoms with Crippen molar-refractivity contribution in [1.29, 1.82) is 0 Å². The lowest BCUT2D eigenvalue weighted by molar-refractivity contribution is 0.698. The van der Waals surface area contributed by atoms with Crippen LogP contribution >= 0.6 is 0 Å². The lowest BCUT2D eigenvalue weighted by Gasteiger charge is -1.98. The number of aromatic amines is 1. The fourth-order valence-electron chi connectivity index (χ4n) is 2.15. The SMILES string of the molecule is NC1CCc2c1[nH]c1cnccc21. The molecule has 0 aliphatic heterocycles. The number of fused-ring (bicyclic) bond motifs is 3. The second-order valence-corrected chi connectivity index (χ2v) is 3.58. The van der Waals surface area contributed by atoms with Gasteiger partial charge in [0, 0.05) is 23.3 Å². The van der Waals surface area contributed by atoms with Gasteiger partial charge in [-0.3, -0.25) is 4.98 Å². The lowest BCUT2D eigenvalue weighted by atomic mass is 10.2. The summed E-state index contributed by atoms with van der Waals surface area (Å²) in [6.07, 6.45) is 5.86. The number of H-pyrrole nitrogens is 1. The van der Waals surface area contributed by atoms with Gasteiger partial charge in [-0.15, -0.1) is 0 Å². The molecule has 3 heteroatoms. The molecule has 0 saturated heterocycles. The van der Waals surface area contributed by atoms with Gasteiger partial charge in [-0.1, -0.05) is 0 Å². The first-order valence-corrected chi connectivity index (χ1v) is 4.56. The summed E-state index contributed by atoms with van der Waals surface area (Å²) in [6, 6.07) is 2.25. The van der Waals surface area contributed by atoms with Crippen LogP contribution in [-0.4, -0.2) is 9.97 Å². The predicted octanol–water partition coefficient (Wildman–Crippen LogP) is 1.51. The van der Waals surface area contributed by atoms with E-state index in [0.29, 0.717) is 0 Å². The first-order chi connectivity index (χ1) is 6.36. The molecule has 1 unspecified atom stereocenters. The topological polar surface area (TPSA) is 54.7 Å². The van der Waals surface area contributed by atoms with Crippen LogP contribution in [-0.2, 0) is 6.42 Å². The van der Waals surface area contributed by atoms with E-state index in [1.807, 2.05) is 12.4 Å². The summed E-state index contributed by atoms with van der Waals surface area (Å²) in [4.78, 5) is 7.42. The maximum atomic E-state index is 5.96. The van der Waals surface area contributed by atoms with Gasteiger partial charge >= 0.3 is 0 Å². The summed E-state index contributed by atoms with van der Waals surface area (Å²) in [6.45, 7) is 0. The number of hydrogen-bond donors (Lipinski definition) is 2. The molecule has 0 aromatic carbocycles. The second-order valence-electron chi connectivity index (χ2n) is 3.58. The van der Waals surface area contributed by atoms with Gasteiger partial charge in [0.2, 0.25) is 0 Å². The average molecular weight is 173 g/mol. The maximum Gasteiger partial charge on any atom is 0.0645 e. The molecule has 0 bridgehead atoms. The Balaban J connectivity index is 2.38. The molecule has 3 nitrogen and oxygen atoms in total. The molecule has 1 aliphatic rings. The van der Waals surface area contributed by atoms with Gasteiger partial charge in [0.25, 0.3) is 0 Å². The summed E-state index contributed by atoms with van der Waals surface area (Å²) in [5.74, 6) is 0. The van der Waals surface area contributed by atoms with Gasteiger partial charge in [-0.2, -0.15) is 0 Å². The Kier molecular flexibility index (Phi) is 1.27. The van der Waals surface area contributed by atoms with Crippen molar-refractivity contribution in [2.45, 2.75) is 18.9 Å². The Hall–Kier alpha value is -1.35. The van der Waals surface area contributed by atoms with Crippen LogP contribution in [0.3, 0.4) is 0 Å². The molecule has 0 saturated carbocycles. The summed E-state index contributed by atoms with van der Waals surface area (Å²) >= 11 is 0. The number of hydrogen-bond acceptors (Lipinski definition) is 2. The van der Waals surface area contributed by atoms with Gasteiger partial charge in [-0.25, -0.2) is 0 Å². The van der Waals surface area contributed by atoms with Crippen molar-refractivity contribution in [1.82, 2.24) is 9.97 Å². The zero-order valence-corrected chi connectivity index (χ0v) is 7.25. The molecule has 0 radical (unpaired) electrons. The highest BCUT2D eigenvalue weighted by atomic mass is 14.8. The zero-order valence-electron chi connectivity index (χ0n) is 7.25. The molecule has 0 spiro atoms. The number of nitrogens with two attached hydrogens (primary N) is 1. The van der Waals surface area contributed by atoms with Gasteiger partial charge in [-0.05, 0) is 24.5 Å². The van der Waals surface area contributed by atoms with Crippen molar-refractivity contribution in [3.05, 3.63) is 29.7 Å². The molecule has 3 rings (SSSR count). The molecule has 3 N–H and O–H groups in total. The van der Waals surface area contributed by atoms with Crippen LogP contribution in [0.2, 0.25) is 0 Å². The van der Waals surface area contributed by atoms with Crippen molar-refractivity contribution in [2.24, 2.45) is 5.73 Å². The smallest absolute Gasteiger partial charge is 0.0645 e. The monoisotopic (exact) mass is 173 g/mol. The summed E-state index contributed by atoms with van der Waals surface area (Å²) in [5.41, 5.74) is 9.68. The van der Waals surface area contributed by atoms with E-state index in [1.165, 1.54) is 16.6 Å². The molecule has 2 aromatic heterocycles. The molecular formula is C10H11N3. The van der Waals surface area contributed by atoms with E-state index in [0.717, 1.165) is 18.4 Å². The number of nitrogens with zero attached hydrogens (tertiary/aromatic N) is 1. The highest BCUT2D eigenvalue weighted by Crippen LogP contribution is 2.33. The van der Waals surface area contributed by atoms with Crippen LogP contribution in [0.5, 0.6) is 0 Å². The molecule has 2 heterocycles. The quantitative estimate of drug-likeness (QED) is 0.634. The van der Waals surface area contributed by atoms with Gasteiger partial charge < -0.3 is 10.7 Å². The van der Waals surface area contributed by atoms with E-state index in [1.54, 1.807) is 0 Å². The molecular weight excluding hydrogens is 162 g/mol. The van der Waals surface area contributed by atoms with Crippen molar-refractivity contribution in [2.75, 3.05) is 0 Å². The van der Waals surface area contributed by atoms with Crippen LogP contribution in [0.25, 0.3) is 10.9 Å². The fourth-order valence-corrected chi connectivity index (χ4v) is 2.15. The minimum atomic E-state index is 0.197. The first-order valence-electron chi connectivity index (χ1n) is 4.56. The van der Waals surface area contributed by atoms with Gasteiger partial charge in [0.15, 0.2) is 0 Å². The minimum absolute atomic E-state index is 0.197. The van der Waals surface area contributed by atoms with Gasteiger partial charge in [0.05, 0.1) is 11.7 Å². The van der Waals surface area contributed by atoms with Gasteiger partial charge in [0.1, 0.15) is 0 Å². The Labute approximate surface area is 76.0 Å². The van der Waals surface area contributed by atoms with E-state index < -0.39 is 0 Å². The summed E-state index contributed by atoms with van der Waals surface area (Å²) < 4.78 is 0. The minimum Gasteiger partial charge on any atom is -0.356 e. The molecule has 0 amide bonds. The standard InChI is InChI=1S/C10H11N3/c11-8-2-1-7-6-3-4-12-5-9(6)13-10(7)8/h3-5,8,13H,1-2,11H2. The van der Waals surface area contributed by atoms with E-state index in [2.05, 4.69) is 16.0 Å². The summed E-state index contributed by atoms with van der Waals surface area (Å²) in [5, 5.41) is 1.29. The second kappa shape index (κ2) is 2.33. The third kappa shape index (κ3) is 0.848. The summed E-state index contributed by atoms with van der Waals surface area (Å²) in [7, 11) is 0. The first kappa shape index (κ1) is 7.09. The number of nitrogens with one attached hydrogen (secondary N) is 1. The third-order valence-electron chi connectivity index (χ3n) is 2.82. The molecule has 2 aromatic rings. The van der Waals surface area contributed by atoms with Crippen molar-refractivity contribution in [3.8, 4) is 0 Å². The zero-order chi connectivity index (χ0) is 8.84. The normalized spacial score (nSPS) is 20.8. The van der Waals surface area contributed by atoms with Crippen LogP contribution in [0.15, 0.2) is 18.5 Å². The van der Waals surface area contributed by atoms with E-state index >= 15 is 0 Å². The van der Waals surface area contributed by atoms with Crippen LogP contribution in [0, 0.1) is 0 Å². The van der Waals surface area contributed by atoms with Crippen molar-refractivity contribution < 1.29 is 0 Å². The molecule has 66 valence electrons. The third-order valence-corrected chi connectivity index (χ3v) is 2.82. The molecule has 1 atom stereocenters. The number of rotatable bonds is 0. The van der Waals surface area contributed by atoms with E-state index in [9.17, 15) is 0 Å². The predicted molar refractivity (Wildman–Crippen MR) is 51.3 cm³/mol. The largest absolute Gasteiger partial charge is 0.356 e. The number of aromatic nitrogens is 2. The molecule has 0 fully saturated rings. The maximum absolute atomic E-state index is 5.96. The Bertz CT molecular complexity index is 458. The number of aryl methyl sites for hydroxylation is 1. The van der Waals surface area contributed by atoms with Crippen LogP contribution in [0.4, 0.5) is 0 Å². The van der Waals surface area contributed by atoms with Crippen molar-refractivity contribution in [3.63, 3.8) is 0 Å². The Morgan fingerprint density at radius 1 is 1.54 bits per heavy atom. The van der Waals surface area contributed by atoms with Crippen molar-refractivity contribution >= 4 is 10.9 Å². The Morgan fingerprint density at radius 2 is 2.46 bits per heavy atom. The van der Waals surface area contributed by atoms with E-state index in [-0.39, 0.29) is 6.04 Å². The van der Waals surface area contributed by atoms with E-state index in [4.69, 9.17) is 5.73 Å². The average Bonchev–Trinajstić information content (AvgIpc) is 2.67. The highest BCUT2D eigenvalue weighted by molar-refractivity contribution is 5.84. The fraction of sp³-hybridized carbons (Fsp3) is 0.300. The highest BCUT2D eigenvalue weighted by Gasteiger charge is 2.23.